The lowest BCUT2D eigenvalue weighted by Crippen LogP contribution is -2.07. The van der Waals surface area contributed by atoms with E-state index in [0.29, 0.717) is 5.82 Å². The largest absolute Gasteiger partial charge is 0.359 e. The molecule has 0 bridgehead atoms. The number of aryl methyl sites for hydroxylation is 1. The molecule has 0 radical (unpaired) electrons. The average Bonchev–Trinajstić information content (AvgIpc) is 2.63. The summed E-state index contributed by atoms with van der Waals surface area (Å²) in [5, 5.41) is 6.78. The second-order valence-corrected chi connectivity index (χ2v) is 7.54. The first kappa shape index (κ1) is 19.6. The Hall–Kier alpha value is -3.12. The van der Waals surface area contributed by atoms with Crippen molar-refractivity contribution >= 4 is 29.2 Å². The summed E-state index contributed by atoms with van der Waals surface area (Å²) in [5.74, 6) is 0.340. The molecule has 0 saturated heterocycles. The minimum Gasteiger partial charge on any atom is -0.359 e. The third-order valence-electron chi connectivity index (χ3n) is 3.84. The van der Waals surface area contributed by atoms with E-state index in [1.807, 2.05) is 24.3 Å². The highest BCUT2D eigenvalue weighted by Crippen LogP contribution is 2.28. The summed E-state index contributed by atoms with van der Waals surface area (Å²) in [7, 11) is 0. The molecule has 3 rings (SSSR count). The van der Waals surface area contributed by atoms with Gasteiger partial charge < -0.3 is 10.6 Å². The zero-order valence-corrected chi connectivity index (χ0v) is 16.7. The van der Waals surface area contributed by atoms with E-state index in [9.17, 15) is 4.79 Å². The van der Waals surface area contributed by atoms with E-state index in [1.54, 1.807) is 6.07 Å². The Bertz CT molecular complexity index is 986. The fourth-order valence-corrected chi connectivity index (χ4v) is 3.47. The van der Waals surface area contributed by atoms with E-state index in [0.717, 1.165) is 27.7 Å². The van der Waals surface area contributed by atoms with Crippen molar-refractivity contribution in [3.05, 3.63) is 84.3 Å². The van der Waals surface area contributed by atoms with E-state index in [-0.39, 0.29) is 5.91 Å². The summed E-state index contributed by atoms with van der Waals surface area (Å²) in [6, 6.07) is 18.3. The predicted octanol–water partition coefficient (Wildman–Crippen LogP) is 5.06. The highest BCUT2D eigenvalue weighted by molar-refractivity contribution is 7.99. The first-order valence-electron chi connectivity index (χ1n) is 8.86. The van der Waals surface area contributed by atoms with Gasteiger partial charge in [-0.15, -0.1) is 0 Å². The van der Waals surface area contributed by atoms with Crippen molar-refractivity contribution in [3.8, 4) is 0 Å². The van der Waals surface area contributed by atoms with Gasteiger partial charge in [0.1, 0.15) is 17.2 Å². The highest BCUT2D eigenvalue weighted by atomic mass is 32.2. The molecule has 0 aliphatic carbocycles. The van der Waals surface area contributed by atoms with Crippen molar-refractivity contribution in [1.82, 2.24) is 9.97 Å². The van der Waals surface area contributed by atoms with Gasteiger partial charge in [-0.1, -0.05) is 48.2 Å². The van der Waals surface area contributed by atoms with Crippen LogP contribution in [0.5, 0.6) is 0 Å². The first-order chi connectivity index (χ1) is 13.5. The van der Waals surface area contributed by atoms with Gasteiger partial charge in [0.25, 0.3) is 0 Å². The van der Waals surface area contributed by atoms with Gasteiger partial charge in [0, 0.05) is 35.7 Å². The maximum atomic E-state index is 11.1. The SMILES string of the molecule is C=C(Cc1cccc(C)c1)Nc1ccc(Sc2cc(NC(C)=O)ncn2)cc1. The van der Waals surface area contributed by atoms with Crippen LogP contribution in [0.2, 0.25) is 0 Å². The third-order valence-corrected chi connectivity index (χ3v) is 4.78. The van der Waals surface area contributed by atoms with Crippen LogP contribution in [0, 0.1) is 6.92 Å². The van der Waals surface area contributed by atoms with E-state index in [4.69, 9.17) is 0 Å². The average molecular weight is 391 g/mol. The van der Waals surface area contributed by atoms with Crippen molar-refractivity contribution in [1.29, 1.82) is 0 Å². The Morgan fingerprint density at radius 3 is 2.57 bits per heavy atom. The van der Waals surface area contributed by atoms with Crippen LogP contribution < -0.4 is 10.6 Å². The molecular weight excluding hydrogens is 368 g/mol. The van der Waals surface area contributed by atoms with E-state index in [2.05, 4.69) is 58.4 Å². The van der Waals surface area contributed by atoms with Crippen LogP contribution in [0.4, 0.5) is 11.5 Å². The maximum absolute atomic E-state index is 11.1. The lowest BCUT2D eigenvalue weighted by Gasteiger charge is -2.11. The van der Waals surface area contributed by atoms with Crippen molar-refractivity contribution in [2.24, 2.45) is 0 Å². The van der Waals surface area contributed by atoms with Gasteiger partial charge in [0.05, 0.1) is 0 Å². The van der Waals surface area contributed by atoms with Gasteiger partial charge in [-0.2, -0.15) is 0 Å². The summed E-state index contributed by atoms with van der Waals surface area (Å²) in [5.41, 5.74) is 4.42. The Labute approximate surface area is 169 Å². The number of nitrogens with one attached hydrogen (secondary N) is 2. The Balaban J connectivity index is 1.59. The summed E-state index contributed by atoms with van der Waals surface area (Å²) in [6.45, 7) is 7.67. The molecule has 0 unspecified atom stereocenters. The molecule has 0 saturated carbocycles. The van der Waals surface area contributed by atoms with Gasteiger partial charge >= 0.3 is 0 Å². The number of carbonyl (C=O) groups excluding carboxylic acids is 1. The number of hydrogen-bond acceptors (Lipinski definition) is 5. The maximum Gasteiger partial charge on any atom is 0.222 e. The molecule has 1 amide bonds. The fourth-order valence-electron chi connectivity index (χ4n) is 2.69. The minimum atomic E-state index is -0.157. The second kappa shape index (κ2) is 9.19. The van der Waals surface area contributed by atoms with Crippen LogP contribution in [-0.4, -0.2) is 15.9 Å². The molecule has 6 heteroatoms. The minimum absolute atomic E-state index is 0.157. The van der Waals surface area contributed by atoms with E-state index < -0.39 is 0 Å². The number of carbonyl (C=O) groups is 1. The van der Waals surface area contributed by atoms with Crippen LogP contribution in [0.15, 0.2) is 83.1 Å². The monoisotopic (exact) mass is 390 g/mol. The lowest BCUT2D eigenvalue weighted by atomic mass is 10.1. The number of amides is 1. The number of rotatable bonds is 7. The summed E-state index contributed by atoms with van der Waals surface area (Å²) in [6.07, 6.45) is 2.23. The lowest BCUT2D eigenvalue weighted by molar-refractivity contribution is -0.114. The number of benzene rings is 2. The van der Waals surface area contributed by atoms with Crippen LogP contribution >= 0.6 is 11.8 Å². The number of anilines is 2. The fraction of sp³-hybridized carbons (Fsp3) is 0.136. The molecule has 0 aliphatic heterocycles. The predicted molar refractivity (Wildman–Crippen MR) is 115 cm³/mol. The molecule has 0 fully saturated rings. The smallest absolute Gasteiger partial charge is 0.222 e. The molecule has 2 aromatic carbocycles. The molecule has 0 aliphatic rings. The molecule has 1 heterocycles. The summed E-state index contributed by atoms with van der Waals surface area (Å²) in [4.78, 5) is 20.5. The van der Waals surface area contributed by atoms with Gasteiger partial charge in [-0.05, 0) is 36.8 Å². The molecule has 28 heavy (non-hydrogen) atoms. The molecule has 1 aromatic heterocycles. The molecular formula is C22H22N4OS. The molecule has 0 atom stereocenters. The number of hydrogen-bond donors (Lipinski definition) is 2. The first-order valence-corrected chi connectivity index (χ1v) is 9.67. The number of nitrogens with zero attached hydrogens (tertiary/aromatic N) is 2. The zero-order valence-electron chi connectivity index (χ0n) is 15.9. The molecule has 142 valence electrons. The van der Waals surface area contributed by atoms with Crippen LogP contribution in [0.1, 0.15) is 18.1 Å². The number of allylic oxidation sites excluding steroid dienone is 1. The highest BCUT2D eigenvalue weighted by Gasteiger charge is 2.04. The van der Waals surface area contributed by atoms with Gasteiger partial charge in [-0.25, -0.2) is 9.97 Å². The Morgan fingerprint density at radius 2 is 1.86 bits per heavy atom. The van der Waals surface area contributed by atoms with Crippen molar-refractivity contribution in [2.75, 3.05) is 10.6 Å². The molecule has 2 N–H and O–H groups in total. The topological polar surface area (TPSA) is 66.9 Å². The number of aromatic nitrogens is 2. The normalized spacial score (nSPS) is 10.4. The third kappa shape index (κ3) is 5.96. The van der Waals surface area contributed by atoms with E-state index >= 15 is 0 Å². The van der Waals surface area contributed by atoms with Gasteiger partial charge in [0.15, 0.2) is 0 Å². The Kier molecular flexibility index (Phi) is 6.45. The van der Waals surface area contributed by atoms with E-state index in [1.165, 1.54) is 36.1 Å². The van der Waals surface area contributed by atoms with Crippen molar-refractivity contribution in [3.63, 3.8) is 0 Å². The van der Waals surface area contributed by atoms with Crippen LogP contribution in [0.25, 0.3) is 0 Å². The standard InChI is InChI=1S/C22H22N4OS/c1-15-5-4-6-18(11-15)12-16(2)25-19-7-9-20(10-8-19)28-22-13-21(23-14-24-22)26-17(3)27/h4-11,13-14,25H,2,12H2,1,3H3,(H,23,24,26,27). The van der Waals surface area contributed by atoms with Gasteiger partial charge in [0.2, 0.25) is 5.91 Å². The molecule has 0 spiro atoms. The van der Waals surface area contributed by atoms with Crippen LogP contribution in [-0.2, 0) is 11.2 Å². The summed E-state index contributed by atoms with van der Waals surface area (Å²) >= 11 is 1.51. The Morgan fingerprint density at radius 1 is 1.07 bits per heavy atom. The second-order valence-electron chi connectivity index (χ2n) is 6.44. The molecule has 5 nitrogen and oxygen atoms in total. The van der Waals surface area contributed by atoms with Gasteiger partial charge in [-0.3, -0.25) is 4.79 Å². The van der Waals surface area contributed by atoms with Crippen molar-refractivity contribution in [2.45, 2.75) is 30.2 Å². The molecule has 3 aromatic rings. The quantitative estimate of drug-likeness (QED) is 0.552. The van der Waals surface area contributed by atoms with Crippen molar-refractivity contribution < 1.29 is 4.79 Å². The van der Waals surface area contributed by atoms with Crippen LogP contribution in [0.3, 0.4) is 0 Å². The zero-order chi connectivity index (χ0) is 19.9. The summed E-state index contributed by atoms with van der Waals surface area (Å²) < 4.78 is 0.